The highest BCUT2D eigenvalue weighted by Crippen LogP contribution is 2.33. The second kappa shape index (κ2) is 10.5. The van der Waals surface area contributed by atoms with Gasteiger partial charge >= 0.3 is 12.3 Å². The minimum Gasteiger partial charge on any atom is -0.463 e. The first-order valence-corrected chi connectivity index (χ1v) is 14.3. The molecule has 4 rings (SSSR count). The molecule has 39 heavy (non-hydrogen) atoms. The molecule has 0 spiro atoms. The number of rotatable bonds is 5. The predicted octanol–water partition coefficient (Wildman–Crippen LogP) is 6.34. The molecular formula is C25H23BrF3N5O4S. The number of carboxylic acid groups (broad SMARTS) is 1. The molecule has 0 aliphatic heterocycles. The molecule has 4 aromatic rings. The van der Waals surface area contributed by atoms with Crippen LogP contribution in [0.3, 0.4) is 0 Å². The highest BCUT2D eigenvalue weighted by atomic mass is 79.9. The molecule has 0 aliphatic rings. The zero-order chi connectivity index (χ0) is 28.7. The number of amides is 2. The number of aromatic nitrogens is 3. The number of carbonyl (C=O) groups excluding carboxylic acids is 1. The van der Waals surface area contributed by atoms with Crippen molar-refractivity contribution >= 4 is 54.6 Å². The summed E-state index contributed by atoms with van der Waals surface area (Å²) in [5, 5.41) is 16.3. The Kier molecular flexibility index (Phi) is 7.65. The molecule has 14 heteroatoms. The van der Waals surface area contributed by atoms with Crippen molar-refractivity contribution in [1.82, 2.24) is 14.8 Å². The Morgan fingerprint density at radius 3 is 2.41 bits per heavy atom. The summed E-state index contributed by atoms with van der Waals surface area (Å²) < 4.78 is 56.4. The summed E-state index contributed by atoms with van der Waals surface area (Å²) in [5.41, 5.74) is 0.841. The first-order chi connectivity index (χ1) is 18.2. The first-order valence-electron chi connectivity index (χ1n) is 11.3. The molecule has 0 saturated heterocycles. The fourth-order valence-corrected chi connectivity index (χ4v) is 5.55. The van der Waals surface area contributed by atoms with Crippen LogP contribution in [0.15, 0.2) is 62.3 Å². The maximum atomic E-state index is 13.5. The van der Waals surface area contributed by atoms with E-state index >= 15 is 0 Å². The van der Waals surface area contributed by atoms with Gasteiger partial charge in [0.05, 0.1) is 34.7 Å². The molecule has 0 saturated carbocycles. The van der Waals surface area contributed by atoms with Crippen molar-refractivity contribution in [3.8, 4) is 0 Å². The summed E-state index contributed by atoms with van der Waals surface area (Å²) in [4.78, 5) is 28.2. The van der Waals surface area contributed by atoms with Crippen LogP contribution in [-0.4, -0.2) is 42.7 Å². The molecule has 2 aromatic carbocycles. The number of fused-ring (bicyclic) bond motifs is 1. The van der Waals surface area contributed by atoms with Crippen molar-refractivity contribution in [2.45, 2.75) is 31.5 Å². The van der Waals surface area contributed by atoms with E-state index in [0.29, 0.717) is 26.4 Å². The minimum absolute atomic E-state index is 0.0309. The Labute approximate surface area is 230 Å². The van der Waals surface area contributed by atoms with E-state index < -0.39 is 34.0 Å². The van der Waals surface area contributed by atoms with Crippen LogP contribution in [0.2, 0.25) is 0 Å². The van der Waals surface area contributed by atoms with E-state index in [0.717, 1.165) is 11.6 Å². The fourth-order valence-electron chi connectivity index (χ4n) is 4.02. The number of anilines is 1. The molecular weight excluding hydrogens is 603 g/mol. The summed E-state index contributed by atoms with van der Waals surface area (Å²) >= 11 is 3.29. The number of thiol groups is 1. The monoisotopic (exact) mass is 625 g/mol. The third-order valence-electron chi connectivity index (χ3n) is 5.96. The molecule has 0 atom stereocenters. The van der Waals surface area contributed by atoms with Crippen molar-refractivity contribution in [3.05, 3.63) is 81.2 Å². The maximum Gasteiger partial charge on any atom is 0.437 e. The second-order valence-electron chi connectivity index (χ2n) is 8.83. The van der Waals surface area contributed by atoms with E-state index in [4.69, 9.17) is 5.11 Å². The van der Waals surface area contributed by atoms with Gasteiger partial charge in [-0.25, -0.2) is 9.78 Å². The normalized spacial score (nSPS) is 12.4. The average Bonchev–Trinajstić information content (AvgIpc) is 3.09. The summed E-state index contributed by atoms with van der Waals surface area (Å²) in [6, 6.07) is 11.8. The second-order valence-corrected chi connectivity index (χ2v) is 12.3. The molecule has 0 bridgehead atoms. The van der Waals surface area contributed by atoms with Crippen molar-refractivity contribution in [2.24, 2.45) is 4.36 Å². The summed E-state index contributed by atoms with van der Waals surface area (Å²) in [6.07, 6.45) is -4.81. The van der Waals surface area contributed by atoms with Crippen LogP contribution in [0.1, 0.15) is 33.0 Å². The number of halogens is 4. The van der Waals surface area contributed by atoms with Crippen LogP contribution in [0.4, 0.5) is 23.7 Å². The van der Waals surface area contributed by atoms with E-state index in [1.165, 1.54) is 18.4 Å². The van der Waals surface area contributed by atoms with Crippen molar-refractivity contribution < 1.29 is 32.4 Å². The van der Waals surface area contributed by atoms with Crippen molar-refractivity contribution in [1.29, 1.82) is 0 Å². The van der Waals surface area contributed by atoms with E-state index in [-0.39, 0.29) is 23.0 Å². The van der Waals surface area contributed by atoms with Crippen molar-refractivity contribution in [3.63, 3.8) is 0 Å². The van der Waals surface area contributed by atoms with Gasteiger partial charge in [0.15, 0.2) is 0 Å². The number of nitrogens with zero attached hydrogens (tertiary/aromatic N) is 4. The number of hydrogen-bond acceptors (Lipinski definition) is 4. The van der Waals surface area contributed by atoms with Gasteiger partial charge in [-0.2, -0.15) is 18.3 Å². The number of benzene rings is 2. The molecule has 2 amide bonds. The minimum atomic E-state index is -4.74. The Bertz CT molecular complexity index is 1660. The molecule has 0 aliphatic carbocycles. The topological polar surface area (TPSA) is 130 Å². The van der Waals surface area contributed by atoms with Gasteiger partial charge in [0.1, 0.15) is 5.69 Å². The van der Waals surface area contributed by atoms with Crippen molar-refractivity contribution in [2.75, 3.05) is 11.6 Å². The Hall–Kier alpha value is -3.62. The molecule has 0 unspecified atom stereocenters. The molecule has 0 radical (unpaired) electrons. The van der Waals surface area contributed by atoms with Crippen LogP contribution >= 0.6 is 15.9 Å². The zero-order valence-electron chi connectivity index (χ0n) is 20.8. The van der Waals surface area contributed by atoms with E-state index in [1.54, 1.807) is 48.9 Å². The van der Waals surface area contributed by atoms with E-state index in [1.807, 2.05) is 0 Å². The maximum absolute atomic E-state index is 13.5. The van der Waals surface area contributed by atoms with Crippen LogP contribution < -0.4 is 5.32 Å². The molecule has 3 N–H and O–H groups in total. The van der Waals surface area contributed by atoms with Crippen LogP contribution in [-0.2, 0) is 22.8 Å². The highest BCUT2D eigenvalue weighted by molar-refractivity contribution is 9.10. The zero-order valence-corrected chi connectivity index (χ0v) is 23.3. The van der Waals surface area contributed by atoms with Gasteiger partial charge < -0.3 is 15.0 Å². The van der Waals surface area contributed by atoms with Gasteiger partial charge in [-0.15, -0.1) is 4.36 Å². The lowest BCUT2D eigenvalue weighted by Gasteiger charge is -2.17. The lowest BCUT2D eigenvalue weighted by Crippen LogP contribution is -2.17. The lowest BCUT2D eigenvalue weighted by molar-refractivity contribution is -0.141. The molecule has 0 fully saturated rings. The van der Waals surface area contributed by atoms with Crippen LogP contribution in [0, 0.1) is 13.8 Å². The van der Waals surface area contributed by atoms with Gasteiger partial charge in [-0.05, 0) is 62.1 Å². The van der Waals surface area contributed by atoms with Gasteiger partial charge in [0, 0.05) is 14.8 Å². The smallest absolute Gasteiger partial charge is 0.437 e. The Balaban J connectivity index is 1.63. The van der Waals surface area contributed by atoms with E-state index in [9.17, 15) is 27.3 Å². The number of pyridine rings is 1. The molecule has 2 heterocycles. The number of hydrogen-bond donors (Lipinski definition) is 4. The number of carbonyl (C=O) groups is 2. The Morgan fingerprint density at radius 2 is 1.79 bits per heavy atom. The number of alkyl halides is 3. The summed E-state index contributed by atoms with van der Waals surface area (Å²) in [5.74, 6) is -0.741. The lowest BCUT2D eigenvalue weighted by atomic mass is 10.1. The largest absolute Gasteiger partial charge is 0.463 e. The number of aryl methyl sites for hydroxylation is 1. The summed E-state index contributed by atoms with van der Waals surface area (Å²) in [6.45, 7) is 3.66. The van der Waals surface area contributed by atoms with Gasteiger partial charge in [-0.3, -0.25) is 9.48 Å². The highest BCUT2D eigenvalue weighted by Gasteiger charge is 2.34. The first kappa shape index (κ1) is 28.4. The molecule has 206 valence electrons. The average molecular weight is 626 g/mol. The predicted molar refractivity (Wildman–Crippen MR) is 146 cm³/mol. The standard InChI is InChI=1S/C25H23BrF3N5O4S/c1-13-22(14(2)34(32-13)12-15-4-7-17(8-5-15)39(3,38)33-24(36)37)31-23(35)19-11-21(25(27,28)29)30-20-9-6-16(26)10-18(19)20/h4-11,39H,12H2,1-3H3,(H,31,35)(H,33,38)(H,36,37). The van der Waals surface area contributed by atoms with Gasteiger partial charge in [-0.1, -0.05) is 38.2 Å². The summed E-state index contributed by atoms with van der Waals surface area (Å²) in [7, 11) is -3.17. The van der Waals surface area contributed by atoms with Crippen LogP contribution in [0.25, 0.3) is 10.9 Å². The third kappa shape index (κ3) is 6.18. The Morgan fingerprint density at radius 1 is 1.13 bits per heavy atom. The third-order valence-corrected chi connectivity index (χ3v) is 8.29. The van der Waals surface area contributed by atoms with Gasteiger partial charge in [0.2, 0.25) is 0 Å². The SMILES string of the molecule is Cc1nn(Cc2ccc([SH](C)(O)=NC(=O)O)cc2)c(C)c1NC(=O)c1cc(C(F)(F)F)nc2ccc(Br)cc12. The molecule has 2 aromatic heterocycles. The fraction of sp³-hybridized carbons (Fsp3) is 0.200. The quantitative estimate of drug-likeness (QED) is 0.192. The van der Waals surface area contributed by atoms with Gasteiger partial charge in [0.25, 0.3) is 5.91 Å². The molecule has 9 nitrogen and oxygen atoms in total. The van der Waals surface area contributed by atoms with Crippen LogP contribution in [0.5, 0.6) is 0 Å². The van der Waals surface area contributed by atoms with E-state index in [2.05, 4.69) is 35.7 Å². The number of nitrogens with one attached hydrogen (secondary N) is 1.